The van der Waals surface area contributed by atoms with Crippen molar-refractivity contribution in [3.8, 4) is 0 Å². The maximum absolute atomic E-state index is 12.8. The molecule has 0 aliphatic heterocycles. The summed E-state index contributed by atoms with van der Waals surface area (Å²) < 4.78 is 6.70. The number of esters is 1. The van der Waals surface area contributed by atoms with Gasteiger partial charge in [-0.2, -0.15) is 0 Å². The molecular weight excluding hydrogens is 446 g/mol. The van der Waals surface area contributed by atoms with Crippen LogP contribution in [0.3, 0.4) is 0 Å². The molecule has 152 valence electrons. The lowest BCUT2D eigenvalue weighted by atomic mass is 10.1. The van der Waals surface area contributed by atoms with Crippen LogP contribution in [0.4, 0.5) is 0 Å². The number of benzene rings is 2. The average molecular weight is 460 g/mol. The Balaban J connectivity index is 1.80. The van der Waals surface area contributed by atoms with E-state index < -0.39 is 11.5 Å². The largest absolute Gasteiger partial charge is 0.465 e. The van der Waals surface area contributed by atoms with E-state index in [1.165, 1.54) is 25.3 Å². The summed E-state index contributed by atoms with van der Waals surface area (Å²) in [7, 11) is 1.28. The van der Waals surface area contributed by atoms with Crippen LogP contribution < -0.4 is 10.9 Å². The van der Waals surface area contributed by atoms with Gasteiger partial charge in [-0.05, 0) is 48.1 Å². The lowest BCUT2D eigenvalue weighted by molar-refractivity contribution is 0.0600. The topological polar surface area (TPSA) is 92.7 Å². The first-order valence-corrected chi connectivity index (χ1v) is 10.3. The molecule has 0 unspecified atom stereocenters. The van der Waals surface area contributed by atoms with E-state index in [0.29, 0.717) is 19.9 Å². The number of nitrogens with one attached hydrogen (secondary N) is 2. The molecule has 0 saturated heterocycles. The summed E-state index contributed by atoms with van der Waals surface area (Å²) in [6, 6.07) is 11.7. The Morgan fingerprint density at radius 1 is 1.27 bits per heavy atom. The van der Waals surface area contributed by atoms with Crippen LogP contribution in [-0.2, 0) is 11.3 Å². The summed E-state index contributed by atoms with van der Waals surface area (Å²) in [4.78, 5) is 40.3. The average Bonchev–Trinajstić information content (AvgIpc) is 3.07. The van der Waals surface area contributed by atoms with E-state index >= 15 is 0 Å². The molecule has 2 N–H and O–H groups in total. The molecule has 10 heteroatoms. The molecule has 1 amide bonds. The number of aromatic amines is 1. The van der Waals surface area contributed by atoms with Gasteiger partial charge in [-0.3, -0.25) is 14.0 Å². The number of hydrogen-bond donors (Lipinski definition) is 2. The van der Waals surface area contributed by atoms with E-state index in [9.17, 15) is 14.4 Å². The fourth-order valence-electron chi connectivity index (χ4n) is 3.10. The van der Waals surface area contributed by atoms with Crippen LogP contribution in [0.15, 0.2) is 47.3 Å². The van der Waals surface area contributed by atoms with Crippen LogP contribution in [0.5, 0.6) is 0 Å². The first kappa shape index (κ1) is 20.3. The number of amides is 1. The highest BCUT2D eigenvalue weighted by atomic mass is 35.5. The monoisotopic (exact) mass is 459 g/mol. The fraction of sp³-hybridized carbons (Fsp3) is 0.100. The second-order valence-electron chi connectivity index (χ2n) is 6.37. The van der Waals surface area contributed by atoms with Crippen molar-refractivity contribution < 1.29 is 14.3 Å². The SMILES string of the molecule is COC(=O)c1ccc2c(=O)[nH]c3c(C(=O)NCc4cccc(Cl)c4)sc(=S)n3c2c1. The van der Waals surface area contributed by atoms with Crippen molar-refractivity contribution in [1.29, 1.82) is 0 Å². The van der Waals surface area contributed by atoms with Crippen molar-refractivity contribution in [2.75, 3.05) is 7.11 Å². The second kappa shape index (κ2) is 8.02. The quantitative estimate of drug-likeness (QED) is 0.356. The van der Waals surface area contributed by atoms with E-state index in [-0.39, 0.29) is 28.5 Å². The zero-order chi connectivity index (χ0) is 21.4. The highest BCUT2D eigenvalue weighted by Gasteiger charge is 2.19. The normalized spacial score (nSPS) is 11.0. The second-order valence-corrected chi connectivity index (χ2v) is 8.45. The Kier molecular flexibility index (Phi) is 5.42. The number of H-pyrrole nitrogens is 1. The Bertz CT molecular complexity index is 1440. The molecule has 0 radical (unpaired) electrons. The predicted molar refractivity (Wildman–Crippen MR) is 118 cm³/mol. The lowest BCUT2D eigenvalue weighted by Crippen LogP contribution is -2.23. The summed E-state index contributed by atoms with van der Waals surface area (Å²) in [6.07, 6.45) is 0. The predicted octanol–water partition coefficient (Wildman–Crippen LogP) is 3.94. The Morgan fingerprint density at radius 2 is 2.07 bits per heavy atom. The third-order valence-corrected chi connectivity index (χ3v) is 6.10. The molecule has 0 aliphatic carbocycles. The molecule has 0 fully saturated rings. The fourth-order valence-corrected chi connectivity index (χ4v) is 4.61. The van der Waals surface area contributed by atoms with Crippen molar-refractivity contribution in [1.82, 2.24) is 14.7 Å². The maximum atomic E-state index is 12.8. The van der Waals surface area contributed by atoms with Crippen molar-refractivity contribution in [3.63, 3.8) is 0 Å². The molecule has 30 heavy (non-hydrogen) atoms. The summed E-state index contributed by atoms with van der Waals surface area (Å²) in [6.45, 7) is 0.264. The van der Waals surface area contributed by atoms with Gasteiger partial charge in [-0.25, -0.2) is 4.79 Å². The van der Waals surface area contributed by atoms with Crippen molar-refractivity contribution in [2.45, 2.75) is 6.54 Å². The first-order valence-electron chi connectivity index (χ1n) is 8.71. The van der Waals surface area contributed by atoms with Gasteiger partial charge in [0.2, 0.25) is 0 Å². The summed E-state index contributed by atoms with van der Waals surface area (Å²) in [5, 5.41) is 3.73. The van der Waals surface area contributed by atoms with Crippen LogP contribution in [0, 0.1) is 3.95 Å². The summed E-state index contributed by atoms with van der Waals surface area (Å²) in [5.74, 6) is -0.917. The smallest absolute Gasteiger partial charge is 0.337 e. The van der Waals surface area contributed by atoms with Gasteiger partial charge in [-0.15, -0.1) is 0 Å². The van der Waals surface area contributed by atoms with Gasteiger partial charge in [0.15, 0.2) is 3.95 Å². The number of carbonyl (C=O) groups excluding carboxylic acids is 2. The molecule has 7 nitrogen and oxygen atoms in total. The van der Waals surface area contributed by atoms with Crippen LogP contribution in [0.25, 0.3) is 16.6 Å². The number of aromatic nitrogens is 2. The van der Waals surface area contributed by atoms with Crippen molar-refractivity contribution >= 4 is 63.6 Å². The molecule has 0 bridgehead atoms. The number of fused-ring (bicyclic) bond motifs is 3. The molecule has 0 aliphatic rings. The number of methoxy groups -OCH3 is 1. The highest BCUT2D eigenvalue weighted by Crippen LogP contribution is 2.23. The number of halogens is 1. The Labute approximate surface area is 183 Å². The minimum atomic E-state index is -0.536. The number of carbonyl (C=O) groups is 2. The van der Waals surface area contributed by atoms with Gasteiger partial charge in [0.05, 0.1) is 23.6 Å². The summed E-state index contributed by atoms with van der Waals surface area (Å²) in [5.41, 5.74) is 1.42. The molecular formula is C20H14ClN3O4S2. The Morgan fingerprint density at radius 3 is 2.80 bits per heavy atom. The van der Waals surface area contributed by atoms with E-state index in [2.05, 4.69) is 10.3 Å². The van der Waals surface area contributed by atoms with Crippen LogP contribution in [0.2, 0.25) is 5.02 Å². The number of hydrogen-bond acceptors (Lipinski definition) is 6. The zero-order valence-corrected chi connectivity index (χ0v) is 17.9. The standard InChI is InChI=1S/C20H14ClN3O4S2/c1-28-19(27)11-5-6-13-14(8-11)24-16(23-17(13)25)15(30-20(24)29)18(26)22-9-10-3-2-4-12(21)7-10/h2-8H,9H2,1H3,(H,22,26)(H,23,25). The number of nitrogens with zero attached hydrogens (tertiary/aromatic N) is 1. The minimum Gasteiger partial charge on any atom is -0.465 e. The van der Waals surface area contributed by atoms with Crippen LogP contribution in [0.1, 0.15) is 25.6 Å². The number of thiazole rings is 1. The van der Waals surface area contributed by atoms with Crippen molar-refractivity contribution in [3.05, 3.63) is 77.8 Å². The number of rotatable bonds is 4. The molecule has 0 spiro atoms. The van der Waals surface area contributed by atoms with Gasteiger partial charge in [0.25, 0.3) is 11.5 Å². The van der Waals surface area contributed by atoms with Crippen LogP contribution >= 0.6 is 35.2 Å². The van der Waals surface area contributed by atoms with Gasteiger partial charge >= 0.3 is 5.97 Å². The molecule has 2 heterocycles. The summed E-state index contributed by atoms with van der Waals surface area (Å²) >= 11 is 12.5. The highest BCUT2D eigenvalue weighted by molar-refractivity contribution is 7.73. The van der Waals surface area contributed by atoms with Gasteiger partial charge in [-0.1, -0.05) is 35.1 Å². The van der Waals surface area contributed by atoms with E-state index in [0.717, 1.165) is 16.9 Å². The lowest BCUT2D eigenvalue weighted by Gasteiger charge is -2.07. The van der Waals surface area contributed by atoms with E-state index in [1.807, 2.05) is 6.07 Å². The van der Waals surface area contributed by atoms with Crippen molar-refractivity contribution in [2.24, 2.45) is 0 Å². The molecule has 0 atom stereocenters. The van der Waals surface area contributed by atoms with Gasteiger partial charge in [0.1, 0.15) is 10.5 Å². The maximum Gasteiger partial charge on any atom is 0.337 e. The number of ether oxygens (including phenoxy) is 1. The molecule has 4 aromatic rings. The van der Waals surface area contributed by atoms with E-state index in [1.54, 1.807) is 22.6 Å². The molecule has 0 saturated carbocycles. The molecule has 2 aromatic carbocycles. The minimum absolute atomic E-state index is 0.264. The zero-order valence-electron chi connectivity index (χ0n) is 15.5. The van der Waals surface area contributed by atoms with E-state index in [4.69, 9.17) is 28.6 Å². The Hall–Kier alpha value is -3.01. The molecule has 2 aromatic heterocycles. The van der Waals surface area contributed by atoms with Gasteiger partial charge in [0, 0.05) is 11.6 Å². The van der Waals surface area contributed by atoms with Gasteiger partial charge < -0.3 is 15.0 Å². The third kappa shape index (κ3) is 3.62. The van der Waals surface area contributed by atoms with Crippen LogP contribution in [-0.4, -0.2) is 28.4 Å². The first-order chi connectivity index (χ1) is 14.4. The molecule has 4 rings (SSSR count). The third-order valence-electron chi connectivity index (χ3n) is 4.50.